The van der Waals surface area contributed by atoms with E-state index in [0.717, 1.165) is 6.42 Å². The van der Waals surface area contributed by atoms with Gasteiger partial charge in [0.2, 0.25) is 5.91 Å². The Labute approximate surface area is 111 Å². The van der Waals surface area contributed by atoms with Crippen LogP contribution in [-0.2, 0) is 4.79 Å². The van der Waals surface area contributed by atoms with Crippen molar-refractivity contribution < 1.29 is 4.79 Å². The summed E-state index contributed by atoms with van der Waals surface area (Å²) >= 11 is 0. The van der Waals surface area contributed by atoms with E-state index in [4.69, 9.17) is 11.0 Å². The van der Waals surface area contributed by atoms with E-state index in [1.54, 1.807) is 4.90 Å². The number of rotatable bonds is 8. The highest BCUT2D eigenvalue weighted by Gasteiger charge is 2.24. The molecule has 0 saturated carbocycles. The Morgan fingerprint density at radius 3 is 2.28 bits per heavy atom. The molecule has 0 aromatic carbocycles. The SMILES string of the molecule is CC(C)CC(CN)C(=O)N(CCC#N)CC(C)C. The van der Waals surface area contributed by atoms with Crippen LogP contribution in [0.3, 0.4) is 0 Å². The first-order valence-corrected chi connectivity index (χ1v) is 6.78. The number of nitrogens with two attached hydrogens (primary N) is 1. The minimum absolute atomic E-state index is 0.107. The number of hydrogen-bond donors (Lipinski definition) is 1. The second-order valence-electron chi connectivity index (χ2n) is 5.65. The molecule has 104 valence electrons. The summed E-state index contributed by atoms with van der Waals surface area (Å²) in [6.07, 6.45) is 1.20. The fourth-order valence-electron chi connectivity index (χ4n) is 2.04. The van der Waals surface area contributed by atoms with Crippen molar-refractivity contribution in [1.82, 2.24) is 4.90 Å². The van der Waals surface area contributed by atoms with E-state index in [9.17, 15) is 4.79 Å². The van der Waals surface area contributed by atoms with Gasteiger partial charge in [0.15, 0.2) is 0 Å². The van der Waals surface area contributed by atoms with Crippen molar-refractivity contribution in [3.63, 3.8) is 0 Å². The summed E-state index contributed by atoms with van der Waals surface area (Å²) < 4.78 is 0. The van der Waals surface area contributed by atoms with Crippen LogP contribution in [0.1, 0.15) is 40.5 Å². The van der Waals surface area contributed by atoms with Crippen LogP contribution in [0.5, 0.6) is 0 Å². The van der Waals surface area contributed by atoms with Crippen molar-refractivity contribution in [2.45, 2.75) is 40.5 Å². The summed E-state index contributed by atoms with van der Waals surface area (Å²) in [4.78, 5) is 14.2. The van der Waals surface area contributed by atoms with Crippen LogP contribution in [0.2, 0.25) is 0 Å². The van der Waals surface area contributed by atoms with E-state index < -0.39 is 0 Å². The maximum absolute atomic E-state index is 12.4. The average molecular weight is 253 g/mol. The Balaban J connectivity index is 4.63. The van der Waals surface area contributed by atoms with E-state index in [2.05, 4.69) is 33.8 Å². The van der Waals surface area contributed by atoms with Gasteiger partial charge in [0.25, 0.3) is 0 Å². The number of carbonyl (C=O) groups is 1. The Hall–Kier alpha value is -1.08. The second-order valence-corrected chi connectivity index (χ2v) is 5.65. The lowest BCUT2D eigenvalue weighted by atomic mass is 9.95. The van der Waals surface area contributed by atoms with Gasteiger partial charge in [-0.25, -0.2) is 0 Å². The van der Waals surface area contributed by atoms with Gasteiger partial charge in [-0.05, 0) is 18.3 Å². The van der Waals surface area contributed by atoms with Gasteiger partial charge in [-0.15, -0.1) is 0 Å². The first-order valence-electron chi connectivity index (χ1n) is 6.78. The summed E-state index contributed by atoms with van der Waals surface area (Å²) in [7, 11) is 0. The molecule has 1 atom stereocenters. The zero-order chi connectivity index (χ0) is 14.1. The predicted molar refractivity (Wildman–Crippen MR) is 73.6 cm³/mol. The molecule has 4 heteroatoms. The van der Waals surface area contributed by atoms with E-state index in [0.29, 0.717) is 37.9 Å². The van der Waals surface area contributed by atoms with Gasteiger partial charge >= 0.3 is 0 Å². The van der Waals surface area contributed by atoms with Gasteiger partial charge in [-0.3, -0.25) is 4.79 Å². The van der Waals surface area contributed by atoms with E-state index in [-0.39, 0.29) is 11.8 Å². The fourth-order valence-corrected chi connectivity index (χ4v) is 2.04. The largest absolute Gasteiger partial charge is 0.341 e. The van der Waals surface area contributed by atoms with Gasteiger partial charge in [0, 0.05) is 19.6 Å². The van der Waals surface area contributed by atoms with Crippen molar-refractivity contribution >= 4 is 5.91 Å². The lowest BCUT2D eigenvalue weighted by Gasteiger charge is -2.28. The molecule has 0 aromatic rings. The summed E-state index contributed by atoms with van der Waals surface area (Å²) in [5.41, 5.74) is 5.71. The van der Waals surface area contributed by atoms with Gasteiger partial charge in [-0.1, -0.05) is 27.7 Å². The molecule has 0 saturated heterocycles. The minimum atomic E-state index is -0.109. The summed E-state index contributed by atoms with van der Waals surface area (Å²) in [5, 5.41) is 8.66. The third-order valence-corrected chi connectivity index (χ3v) is 2.78. The monoisotopic (exact) mass is 253 g/mol. The normalized spacial score (nSPS) is 12.6. The van der Waals surface area contributed by atoms with Gasteiger partial charge in [-0.2, -0.15) is 5.26 Å². The molecule has 18 heavy (non-hydrogen) atoms. The number of nitriles is 1. The summed E-state index contributed by atoms with van der Waals surface area (Å²) in [6, 6.07) is 2.10. The van der Waals surface area contributed by atoms with Gasteiger partial charge < -0.3 is 10.6 Å². The molecule has 1 unspecified atom stereocenters. The molecule has 1 amide bonds. The molecular weight excluding hydrogens is 226 g/mol. The Kier molecular flexibility index (Phi) is 8.40. The first kappa shape index (κ1) is 16.9. The molecular formula is C14H27N3O. The molecule has 0 heterocycles. The Morgan fingerprint density at radius 1 is 1.28 bits per heavy atom. The van der Waals surface area contributed by atoms with Crippen molar-refractivity contribution in [2.24, 2.45) is 23.5 Å². The lowest BCUT2D eigenvalue weighted by Crippen LogP contribution is -2.42. The second kappa shape index (κ2) is 8.93. The highest BCUT2D eigenvalue weighted by atomic mass is 16.2. The number of amides is 1. The summed E-state index contributed by atoms with van der Waals surface area (Å²) in [5.74, 6) is 0.863. The quantitative estimate of drug-likeness (QED) is 0.719. The molecule has 0 bridgehead atoms. The molecule has 0 aromatic heterocycles. The maximum atomic E-state index is 12.4. The van der Waals surface area contributed by atoms with Crippen molar-refractivity contribution in [3.8, 4) is 6.07 Å². The van der Waals surface area contributed by atoms with E-state index >= 15 is 0 Å². The molecule has 4 nitrogen and oxygen atoms in total. The van der Waals surface area contributed by atoms with Crippen LogP contribution in [0.25, 0.3) is 0 Å². The lowest BCUT2D eigenvalue weighted by molar-refractivity contribution is -0.136. The van der Waals surface area contributed by atoms with Crippen LogP contribution in [0.15, 0.2) is 0 Å². The first-order chi connectivity index (χ1) is 8.42. The van der Waals surface area contributed by atoms with Crippen molar-refractivity contribution in [2.75, 3.05) is 19.6 Å². The third-order valence-electron chi connectivity index (χ3n) is 2.78. The molecule has 0 rings (SSSR count). The average Bonchev–Trinajstić information content (AvgIpc) is 2.29. The smallest absolute Gasteiger partial charge is 0.227 e. The number of hydrogen-bond acceptors (Lipinski definition) is 3. The number of carbonyl (C=O) groups excluding carboxylic acids is 1. The molecule has 0 aliphatic heterocycles. The minimum Gasteiger partial charge on any atom is -0.341 e. The van der Waals surface area contributed by atoms with E-state index in [1.165, 1.54) is 0 Å². The standard InChI is InChI=1S/C14H27N3O/c1-11(2)8-13(9-16)14(18)17(7-5-6-15)10-12(3)4/h11-13H,5,7-10,16H2,1-4H3. The Bertz CT molecular complexity index is 281. The zero-order valence-electron chi connectivity index (χ0n) is 12.1. The van der Waals surface area contributed by atoms with Crippen LogP contribution in [0, 0.1) is 29.1 Å². The molecule has 0 fully saturated rings. The molecule has 2 N–H and O–H groups in total. The molecule has 0 aliphatic carbocycles. The Morgan fingerprint density at radius 2 is 1.89 bits per heavy atom. The zero-order valence-corrected chi connectivity index (χ0v) is 12.1. The summed E-state index contributed by atoms with van der Waals surface area (Å²) in [6.45, 7) is 9.95. The highest BCUT2D eigenvalue weighted by Crippen LogP contribution is 2.15. The van der Waals surface area contributed by atoms with Crippen LogP contribution < -0.4 is 5.73 Å². The molecule has 0 radical (unpaired) electrons. The van der Waals surface area contributed by atoms with Gasteiger partial charge in [0.1, 0.15) is 0 Å². The van der Waals surface area contributed by atoms with Crippen LogP contribution in [-0.4, -0.2) is 30.4 Å². The van der Waals surface area contributed by atoms with Crippen molar-refractivity contribution in [1.29, 1.82) is 5.26 Å². The fraction of sp³-hybridized carbons (Fsp3) is 0.857. The topological polar surface area (TPSA) is 70.1 Å². The van der Waals surface area contributed by atoms with Crippen LogP contribution in [0.4, 0.5) is 0 Å². The van der Waals surface area contributed by atoms with E-state index in [1.807, 2.05) is 0 Å². The number of nitrogens with zero attached hydrogens (tertiary/aromatic N) is 2. The maximum Gasteiger partial charge on any atom is 0.227 e. The van der Waals surface area contributed by atoms with Crippen molar-refractivity contribution in [3.05, 3.63) is 0 Å². The molecule has 0 spiro atoms. The molecule has 0 aliphatic rings. The predicted octanol–water partition coefficient (Wildman–Crippen LogP) is 2.01. The van der Waals surface area contributed by atoms with Crippen LogP contribution >= 0.6 is 0 Å². The third kappa shape index (κ3) is 6.61. The highest BCUT2D eigenvalue weighted by molar-refractivity contribution is 5.79. The van der Waals surface area contributed by atoms with Gasteiger partial charge in [0.05, 0.1) is 18.4 Å².